The number of carbonyl (C=O) groups excluding carboxylic acids is 1. The summed E-state index contributed by atoms with van der Waals surface area (Å²) in [5.41, 5.74) is -2.38. The predicted octanol–water partition coefficient (Wildman–Crippen LogP) is 4.70. The summed E-state index contributed by atoms with van der Waals surface area (Å²) in [6, 6.07) is 4.50. The van der Waals surface area contributed by atoms with Gasteiger partial charge < -0.3 is 0 Å². The van der Waals surface area contributed by atoms with Crippen LogP contribution >= 0.6 is 0 Å². The third kappa shape index (κ3) is 3.12. The first kappa shape index (κ1) is 20.1. The third-order valence-corrected chi connectivity index (χ3v) is 5.22. The highest BCUT2D eigenvalue weighted by Crippen LogP contribution is 2.50. The zero-order chi connectivity index (χ0) is 21.7. The minimum absolute atomic E-state index is 0.0445. The largest absolute Gasteiger partial charge is 0.289 e. The van der Waals surface area contributed by atoms with Crippen molar-refractivity contribution >= 4 is 22.8 Å². The number of nitro groups is 3. The molecule has 0 aromatic heterocycles. The maximum atomic E-state index is 13.0. The fraction of sp³-hybridized carbons (Fsp3) is 0.316. The topological polar surface area (TPSA) is 146 Å². The van der Waals surface area contributed by atoms with Gasteiger partial charge in [0, 0.05) is 23.3 Å². The van der Waals surface area contributed by atoms with E-state index in [0.29, 0.717) is 12.0 Å². The van der Waals surface area contributed by atoms with Gasteiger partial charge in [-0.25, -0.2) is 0 Å². The summed E-state index contributed by atoms with van der Waals surface area (Å²) in [5, 5.41) is 34.5. The van der Waals surface area contributed by atoms with Gasteiger partial charge >= 0.3 is 0 Å². The number of non-ortho nitro benzene ring substituents is 1. The summed E-state index contributed by atoms with van der Waals surface area (Å²) in [6.07, 6.45) is 1.51. The Bertz CT molecular complexity index is 1110. The molecule has 0 amide bonds. The Labute approximate surface area is 164 Å². The van der Waals surface area contributed by atoms with Crippen LogP contribution in [0.1, 0.15) is 55.1 Å². The number of nitro benzene ring substituents is 3. The molecule has 1 aliphatic carbocycles. The van der Waals surface area contributed by atoms with Crippen molar-refractivity contribution in [2.45, 2.75) is 39.0 Å². The van der Waals surface area contributed by atoms with Crippen molar-refractivity contribution in [1.82, 2.24) is 0 Å². The molecule has 0 spiro atoms. The Morgan fingerprint density at radius 2 is 1.34 bits per heavy atom. The van der Waals surface area contributed by atoms with Gasteiger partial charge in [-0.1, -0.05) is 27.2 Å². The molecular formula is C19H17N3O7. The minimum atomic E-state index is -0.868. The van der Waals surface area contributed by atoms with Gasteiger partial charge in [-0.3, -0.25) is 35.1 Å². The van der Waals surface area contributed by atoms with Crippen molar-refractivity contribution < 1.29 is 19.6 Å². The quantitative estimate of drug-likeness (QED) is 0.431. The van der Waals surface area contributed by atoms with Gasteiger partial charge in [-0.15, -0.1) is 0 Å². The second-order valence-electron chi connectivity index (χ2n) is 7.54. The second-order valence-corrected chi connectivity index (χ2v) is 7.54. The van der Waals surface area contributed by atoms with Gasteiger partial charge in [0.25, 0.3) is 17.1 Å². The van der Waals surface area contributed by atoms with E-state index < -0.39 is 43.0 Å². The standard InChI is InChI=1S/C19H17N3O7/c1-4-5-19(2,3)10-6-12-16(14(7-10)21(26)27)17-13(18(12)23)8-11(20(24)25)9-15(17)22(28)29/h6-9H,4-5H2,1-3H3. The lowest BCUT2D eigenvalue weighted by Crippen LogP contribution is -2.17. The van der Waals surface area contributed by atoms with E-state index in [4.69, 9.17) is 0 Å². The van der Waals surface area contributed by atoms with Crippen LogP contribution in [0.25, 0.3) is 11.1 Å². The van der Waals surface area contributed by atoms with E-state index in [9.17, 15) is 35.1 Å². The first-order valence-corrected chi connectivity index (χ1v) is 8.84. The van der Waals surface area contributed by atoms with Crippen molar-refractivity contribution in [3.05, 3.63) is 71.3 Å². The van der Waals surface area contributed by atoms with Crippen LogP contribution in [0.4, 0.5) is 17.1 Å². The molecule has 0 saturated carbocycles. The SMILES string of the molecule is CCCC(C)(C)c1cc2c(c([N+](=O)[O-])c1)-c1c(cc([N+](=O)[O-])cc1[N+](=O)[O-])C2=O. The maximum Gasteiger partial charge on any atom is 0.285 e. The number of benzene rings is 2. The highest BCUT2D eigenvalue weighted by molar-refractivity contribution is 6.25. The highest BCUT2D eigenvalue weighted by atomic mass is 16.6. The van der Waals surface area contributed by atoms with Gasteiger partial charge in [0.15, 0.2) is 5.78 Å². The first-order chi connectivity index (χ1) is 13.5. The number of nitrogens with zero attached hydrogens (tertiary/aromatic N) is 3. The summed E-state index contributed by atoms with van der Waals surface area (Å²) in [6.45, 7) is 5.75. The average molecular weight is 399 g/mol. The molecule has 29 heavy (non-hydrogen) atoms. The van der Waals surface area contributed by atoms with Gasteiger partial charge in [0.2, 0.25) is 0 Å². The van der Waals surface area contributed by atoms with Gasteiger partial charge in [-0.2, -0.15) is 0 Å². The van der Waals surface area contributed by atoms with Crippen molar-refractivity contribution in [1.29, 1.82) is 0 Å². The molecule has 0 unspecified atom stereocenters. The zero-order valence-corrected chi connectivity index (χ0v) is 15.9. The highest BCUT2D eigenvalue weighted by Gasteiger charge is 2.41. The van der Waals surface area contributed by atoms with Gasteiger partial charge in [0.05, 0.1) is 32.0 Å². The summed E-state index contributed by atoms with van der Waals surface area (Å²) in [7, 11) is 0. The minimum Gasteiger partial charge on any atom is -0.289 e. The van der Waals surface area contributed by atoms with Crippen LogP contribution in [0.2, 0.25) is 0 Å². The Morgan fingerprint density at radius 1 is 0.828 bits per heavy atom. The monoisotopic (exact) mass is 399 g/mol. The fourth-order valence-electron chi connectivity index (χ4n) is 3.82. The molecule has 2 aromatic carbocycles. The van der Waals surface area contributed by atoms with E-state index in [0.717, 1.165) is 18.6 Å². The van der Waals surface area contributed by atoms with Gasteiger partial charge in [0.1, 0.15) is 0 Å². The molecule has 0 aliphatic heterocycles. The number of rotatable bonds is 6. The van der Waals surface area contributed by atoms with Crippen molar-refractivity contribution in [3.63, 3.8) is 0 Å². The second kappa shape index (κ2) is 6.73. The predicted molar refractivity (Wildman–Crippen MR) is 103 cm³/mol. The summed E-state index contributed by atoms with van der Waals surface area (Å²) in [4.78, 5) is 45.1. The summed E-state index contributed by atoms with van der Waals surface area (Å²) in [5.74, 6) is -0.695. The van der Waals surface area contributed by atoms with E-state index in [2.05, 4.69) is 0 Å². The van der Waals surface area contributed by atoms with E-state index in [-0.39, 0.29) is 22.3 Å². The molecular weight excluding hydrogens is 382 g/mol. The molecule has 0 fully saturated rings. The Kier molecular flexibility index (Phi) is 4.65. The molecule has 3 rings (SSSR count). The fourth-order valence-corrected chi connectivity index (χ4v) is 3.82. The number of hydrogen-bond acceptors (Lipinski definition) is 7. The van der Waals surface area contributed by atoms with E-state index in [1.807, 2.05) is 20.8 Å². The smallest absolute Gasteiger partial charge is 0.285 e. The molecule has 0 saturated heterocycles. The summed E-state index contributed by atoms with van der Waals surface area (Å²) >= 11 is 0. The Balaban J connectivity index is 2.41. The molecule has 150 valence electrons. The molecule has 0 atom stereocenters. The third-order valence-electron chi connectivity index (χ3n) is 5.22. The normalized spacial score (nSPS) is 12.4. The van der Waals surface area contributed by atoms with Crippen LogP contribution < -0.4 is 0 Å². The van der Waals surface area contributed by atoms with E-state index >= 15 is 0 Å². The van der Waals surface area contributed by atoms with Crippen molar-refractivity contribution in [3.8, 4) is 11.1 Å². The molecule has 10 nitrogen and oxygen atoms in total. The molecule has 2 aromatic rings. The lowest BCUT2D eigenvalue weighted by atomic mass is 9.79. The van der Waals surface area contributed by atoms with Crippen LogP contribution in [0.3, 0.4) is 0 Å². The van der Waals surface area contributed by atoms with E-state index in [1.165, 1.54) is 12.1 Å². The van der Waals surface area contributed by atoms with Crippen LogP contribution in [0, 0.1) is 30.3 Å². The molecule has 10 heteroatoms. The first-order valence-electron chi connectivity index (χ1n) is 8.84. The molecule has 0 radical (unpaired) electrons. The van der Waals surface area contributed by atoms with Gasteiger partial charge in [-0.05, 0) is 23.5 Å². The number of ketones is 1. The molecule has 0 heterocycles. The van der Waals surface area contributed by atoms with Crippen molar-refractivity contribution in [2.24, 2.45) is 0 Å². The van der Waals surface area contributed by atoms with Crippen LogP contribution in [-0.2, 0) is 5.41 Å². The Morgan fingerprint density at radius 3 is 1.83 bits per heavy atom. The molecule has 0 bridgehead atoms. The zero-order valence-electron chi connectivity index (χ0n) is 15.9. The number of hydrogen-bond donors (Lipinski definition) is 0. The van der Waals surface area contributed by atoms with E-state index in [1.54, 1.807) is 0 Å². The van der Waals surface area contributed by atoms with Crippen LogP contribution in [0.15, 0.2) is 24.3 Å². The van der Waals surface area contributed by atoms with Crippen molar-refractivity contribution in [2.75, 3.05) is 0 Å². The molecule has 1 aliphatic rings. The summed E-state index contributed by atoms with van der Waals surface area (Å²) < 4.78 is 0. The molecule has 0 N–H and O–H groups in total. The number of fused-ring (bicyclic) bond motifs is 3. The number of carbonyl (C=O) groups is 1. The Hall–Kier alpha value is -3.69. The average Bonchev–Trinajstić information content (AvgIpc) is 2.92. The maximum absolute atomic E-state index is 13.0. The van der Waals surface area contributed by atoms with Crippen LogP contribution in [0.5, 0.6) is 0 Å². The lowest BCUT2D eigenvalue weighted by Gasteiger charge is -2.25. The lowest BCUT2D eigenvalue weighted by molar-refractivity contribution is -0.394. The van der Waals surface area contributed by atoms with Crippen LogP contribution in [-0.4, -0.2) is 20.6 Å².